The van der Waals surface area contributed by atoms with Crippen LogP contribution < -0.4 is 10.1 Å². The summed E-state index contributed by atoms with van der Waals surface area (Å²) in [6, 6.07) is 12.7. The Bertz CT molecular complexity index is 545. The van der Waals surface area contributed by atoms with E-state index in [0.29, 0.717) is 6.54 Å². The molecule has 2 aromatic carbocycles. The fourth-order valence-corrected chi connectivity index (χ4v) is 2.07. The molecule has 0 atom stereocenters. The van der Waals surface area contributed by atoms with Crippen molar-refractivity contribution in [3.8, 4) is 5.75 Å². The van der Waals surface area contributed by atoms with Gasteiger partial charge in [-0.05, 0) is 29.8 Å². The third kappa shape index (κ3) is 3.23. The van der Waals surface area contributed by atoms with E-state index in [2.05, 4.69) is 21.2 Å². The Balaban J connectivity index is 2.06. The molecule has 0 amide bonds. The second kappa shape index (κ2) is 5.87. The minimum absolute atomic E-state index is 0.245. The van der Waals surface area contributed by atoms with Gasteiger partial charge in [-0.15, -0.1) is 0 Å². The van der Waals surface area contributed by atoms with Gasteiger partial charge in [0.1, 0.15) is 0 Å². The van der Waals surface area contributed by atoms with Crippen LogP contribution in [0.2, 0.25) is 0 Å². The SMILES string of the molecule is COc1cc(NCc2cccc(Br)c2)ccc1F. The van der Waals surface area contributed by atoms with Crippen molar-refractivity contribution in [3.05, 3.63) is 58.3 Å². The van der Waals surface area contributed by atoms with Crippen LogP contribution in [0.4, 0.5) is 10.1 Å². The molecule has 0 saturated carbocycles. The molecule has 0 aliphatic carbocycles. The van der Waals surface area contributed by atoms with Gasteiger partial charge in [0.05, 0.1) is 7.11 Å². The zero-order valence-electron chi connectivity index (χ0n) is 9.91. The number of hydrogen-bond acceptors (Lipinski definition) is 2. The molecule has 0 bridgehead atoms. The number of rotatable bonds is 4. The molecule has 94 valence electrons. The number of benzene rings is 2. The lowest BCUT2D eigenvalue weighted by atomic mass is 10.2. The van der Waals surface area contributed by atoms with Gasteiger partial charge >= 0.3 is 0 Å². The molecule has 0 spiro atoms. The number of hydrogen-bond donors (Lipinski definition) is 1. The molecule has 18 heavy (non-hydrogen) atoms. The highest BCUT2D eigenvalue weighted by atomic mass is 79.9. The Morgan fingerprint density at radius 2 is 2.06 bits per heavy atom. The molecule has 2 rings (SSSR count). The maximum atomic E-state index is 13.2. The summed E-state index contributed by atoms with van der Waals surface area (Å²) in [7, 11) is 1.45. The van der Waals surface area contributed by atoms with Gasteiger partial charge in [0, 0.05) is 22.8 Å². The van der Waals surface area contributed by atoms with Crippen molar-refractivity contribution in [1.82, 2.24) is 0 Å². The molecule has 1 N–H and O–H groups in total. The number of nitrogens with one attached hydrogen (secondary N) is 1. The van der Waals surface area contributed by atoms with Gasteiger partial charge in [-0.1, -0.05) is 28.1 Å². The molecule has 0 heterocycles. The monoisotopic (exact) mass is 309 g/mol. The molecule has 0 fully saturated rings. The standard InChI is InChI=1S/C14H13BrFNO/c1-18-14-8-12(5-6-13(14)16)17-9-10-3-2-4-11(15)7-10/h2-8,17H,9H2,1H3. The molecule has 2 aromatic rings. The Morgan fingerprint density at radius 1 is 1.22 bits per heavy atom. The van der Waals surface area contributed by atoms with E-state index in [1.807, 2.05) is 24.3 Å². The predicted molar refractivity (Wildman–Crippen MR) is 74.4 cm³/mol. The highest BCUT2D eigenvalue weighted by Gasteiger charge is 2.03. The first-order valence-electron chi connectivity index (χ1n) is 5.51. The van der Waals surface area contributed by atoms with Crippen LogP contribution in [0, 0.1) is 5.82 Å². The summed E-state index contributed by atoms with van der Waals surface area (Å²) in [5.74, 6) is -0.111. The van der Waals surface area contributed by atoms with E-state index in [1.165, 1.54) is 13.2 Å². The minimum Gasteiger partial charge on any atom is -0.494 e. The third-order valence-corrected chi connectivity index (χ3v) is 3.03. The van der Waals surface area contributed by atoms with E-state index in [0.717, 1.165) is 15.7 Å². The van der Waals surface area contributed by atoms with Gasteiger partial charge in [-0.3, -0.25) is 0 Å². The summed E-state index contributed by atoms with van der Waals surface area (Å²) in [5.41, 5.74) is 1.97. The molecule has 4 heteroatoms. The van der Waals surface area contributed by atoms with Crippen molar-refractivity contribution in [3.63, 3.8) is 0 Å². The van der Waals surface area contributed by atoms with Crippen LogP contribution in [-0.4, -0.2) is 7.11 Å². The first-order chi connectivity index (χ1) is 8.69. The number of halogens is 2. The van der Waals surface area contributed by atoms with Crippen LogP contribution in [0.15, 0.2) is 46.9 Å². The lowest BCUT2D eigenvalue weighted by Gasteiger charge is -2.09. The van der Waals surface area contributed by atoms with E-state index in [4.69, 9.17) is 4.74 Å². The summed E-state index contributed by atoms with van der Waals surface area (Å²) in [6.45, 7) is 0.675. The zero-order chi connectivity index (χ0) is 13.0. The van der Waals surface area contributed by atoms with Crippen molar-refractivity contribution in [2.24, 2.45) is 0 Å². The second-order valence-electron chi connectivity index (χ2n) is 3.83. The summed E-state index contributed by atoms with van der Waals surface area (Å²) >= 11 is 3.42. The van der Waals surface area contributed by atoms with Gasteiger partial charge < -0.3 is 10.1 Å². The number of ether oxygens (including phenoxy) is 1. The van der Waals surface area contributed by atoms with Gasteiger partial charge in [0.25, 0.3) is 0 Å². The fraction of sp³-hybridized carbons (Fsp3) is 0.143. The molecular formula is C14H13BrFNO. The normalized spacial score (nSPS) is 10.2. The lowest BCUT2D eigenvalue weighted by Crippen LogP contribution is -2.00. The van der Waals surface area contributed by atoms with Crippen LogP contribution in [0.3, 0.4) is 0 Å². The van der Waals surface area contributed by atoms with Crippen LogP contribution in [0.1, 0.15) is 5.56 Å². The van der Waals surface area contributed by atoms with Crippen LogP contribution in [-0.2, 0) is 6.54 Å². The molecule has 0 aromatic heterocycles. The van der Waals surface area contributed by atoms with Crippen LogP contribution in [0.25, 0.3) is 0 Å². The lowest BCUT2D eigenvalue weighted by molar-refractivity contribution is 0.387. The van der Waals surface area contributed by atoms with E-state index in [1.54, 1.807) is 12.1 Å². The number of methoxy groups -OCH3 is 1. The van der Waals surface area contributed by atoms with E-state index >= 15 is 0 Å². The van der Waals surface area contributed by atoms with Gasteiger partial charge in [0.15, 0.2) is 11.6 Å². The molecule has 0 unspecified atom stereocenters. The van der Waals surface area contributed by atoms with Crippen LogP contribution in [0.5, 0.6) is 5.75 Å². The molecule has 0 aliphatic heterocycles. The summed E-state index contributed by atoms with van der Waals surface area (Å²) in [4.78, 5) is 0. The van der Waals surface area contributed by atoms with Crippen molar-refractivity contribution < 1.29 is 9.13 Å². The molecule has 0 aliphatic rings. The quantitative estimate of drug-likeness (QED) is 0.913. The van der Waals surface area contributed by atoms with E-state index in [9.17, 15) is 4.39 Å². The number of anilines is 1. The third-order valence-electron chi connectivity index (χ3n) is 2.54. The fourth-order valence-electron chi connectivity index (χ4n) is 1.62. The van der Waals surface area contributed by atoms with E-state index in [-0.39, 0.29) is 11.6 Å². The summed E-state index contributed by atoms with van der Waals surface area (Å²) < 4.78 is 19.2. The van der Waals surface area contributed by atoms with Gasteiger partial charge in [-0.25, -0.2) is 4.39 Å². The highest BCUT2D eigenvalue weighted by Crippen LogP contribution is 2.22. The summed E-state index contributed by atoms with van der Waals surface area (Å²) in [6.07, 6.45) is 0. The molecule has 0 saturated heterocycles. The topological polar surface area (TPSA) is 21.3 Å². The Labute approximate surface area is 114 Å². The second-order valence-corrected chi connectivity index (χ2v) is 4.75. The smallest absolute Gasteiger partial charge is 0.165 e. The van der Waals surface area contributed by atoms with Gasteiger partial charge in [-0.2, -0.15) is 0 Å². The summed E-state index contributed by atoms with van der Waals surface area (Å²) in [5, 5.41) is 3.22. The first kappa shape index (κ1) is 12.9. The highest BCUT2D eigenvalue weighted by molar-refractivity contribution is 9.10. The average molecular weight is 310 g/mol. The Kier molecular flexibility index (Phi) is 4.20. The molecule has 0 radical (unpaired) electrons. The largest absolute Gasteiger partial charge is 0.494 e. The predicted octanol–water partition coefficient (Wildman–Crippen LogP) is 4.21. The minimum atomic E-state index is -0.356. The van der Waals surface area contributed by atoms with Crippen molar-refractivity contribution >= 4 is 21.6 Å². The Hall–Kier alpha value is -1.55. The van der Waals surface area contributed by atoms with Crippen molar-refractivity contribution in [2.75, 3.05) is 12.4 Å². The van der Waals surface area contributed by atoms with E-state index < -0.39 is 0 Å². The van der Waals surface area contributed by atoms with Crippen LogP contribution >= 0.6 is 15.9 Å². The average Bonchev–Trinajstić information content (AvgIpc) is 2.38. The zero-order valence-corrected chi connectivity index (χ0v) is 11.5. The van der Waals surface area contributed by atoms with Gasteiger partial charge in [0.2, 0.25) is 0 Å². The maximum Gasteiger partial charge on any atom is 0.165 e. The molecular weight excluding hydrogens is 297 g/mol. The first-order valence-corrected chi connectivity index (χ1v) is 6.30. The maximum absolute atomic E-state index is 13.2. The Morgan fingerprint density at radius 3 is 2.78 bits per heavy atom. The molecule has 2 nitrogen and oxygen atoms in total. The van der Waals surface area contributed by atoms with Crippen molar-refractivity contribution in [1.29, 1.82) is 0 Å². The van der Waals surface area contributed by atoms with Crippen molar-refractivity contribution in [2.45, 2.75) is 6.54 Å².